The molecule has 0 radical (unpaired) electrons. The van der Waals surface area contributed by atoms with Gasteiger partial charge in [-0.3, -0.25) is 0 Å². The maximum absolute atomic E-state index is 12.9. The summed E-state index contributed by atoms with van der Waals surface area (Å²) in [7, 11) is 2.08. The Morgan fingerprint density at radius 3 is 2.47 bits per heavy atom. The Hall–Kier alpha value is -0.220. The molecular formula is C11H20F2N2. The fourth-order valence-corrected chi connectivity index (χ4v) is 3.15. The molecule has 1 unspecified atom stereocenters. The second-order valence-corrected chi connectivity index (χ2v) is 5.39. The van der Waals surface area contributed by atoms with Gasteiger partial charge in [-0.15, -0.1) is 0 Å². The number of halogens is 2. The lowest BCUT2D eigenvalue weighted by Gasteiger charge is -2.48. The van der Waals surface area contributed by atoms with Crippen molar-refractivity contribution >= 4 is 0 Å². The van der Waals surface area contributed by atoms with E-state index in [0.29, 0.717) is 12.6 Å². The van der Waals surface area contributed by atoms with Gasteiger partial charge < -0.3 is 10.6 Å². The van der Waals surface area contributed by atoms with Gasteiger partial charge in [0.1, 0.15) is 0 Å². The smallest absolute Gasteiger partial charge is 0.249 e. The second-order valence-electron chi connectivity index (χ2n) is 5.39. The van der Waals surface area contributed by atoms with Crippen molar-refractivity contribution in [2.45, 2.75) is 44.1 Å². The average Bonchev–Trinajstić information content (AvgIpc) is 2.48. The van der Waals surface area contributed by atoms with Gasteiger partial charge in [-0.2, -0.15) is 0 Å². The Morgan fingerprint density at radius 1 is 1.40 bits per heavy atom. The van der Waals surface area contributed by atoms with Crippen molar-refractivity contribution in [3.8, 4) is 0 Å². The number of rotatable bonds is 3. The highest BCUT2D eigenvalue weighted by atomic mass is 19.3. The summed E-state index contributed by atoms with van der Waals surface area (Å²) in [6.07, 6.45) is 3.19. The standard InChI is InChI=1S/C11H20F2N2/c1-15-4-2-3-9(15)5-10(8-14)6-11(12,13)7-10/h9H,2-8,14H2,1H3. The van der Waals surface area contributed by atoms with Gasteiger partial charge in [0.15, 0.2) is 0 Å². The molecule has 1 saturated heterocycles. The lowest BCUT2D eigenvalue weighted by Crippen LogP contribution is -2.52. The molecule has 0 bridgehead atoms. The minimum atomic E-state index is -2.45. The molecule has 1 aliphatic heterocycles. The molecule has 15 heavy (non-hydrogen) atoms. The van der Waals surface area contributed by atoms with E-state index >= 15 is 0 Å². The van der Waals surface area contributed by atoms with Crippen molar-refractivity contribution in [3.63, 3.8) is 0 Å². The molecule has 0 aromatic carbocycles. The van der Waals surface area contributed by atoms with E-state index in [-0.39, 0.29) is 18.3 Å². The van der Waals surface area contributed by atoms with Crippen LogP contribution in [0.2, 0.25) is 0 Å². The maximum Gasteiger partial charge on any atom is 0.249 e. The Balaban J connectivity index is 1.92. The van der Waals surface area contributed by atoms with E-state index in [1.165, 1.54) is 6.42 Å². The van der Waals surface area contributed by atoms with E-state index in [4.69, 9.17) is 5.73 Å². The number of hydrogen-bond donors (Lipinski definition) is 1. The van der Waals surface area contributed by atoms with Gasteiger partial charge in [0, 0.05) is 18.9 Å². The molecule has 1 heterocycles. The molecule has 2 nitrogen and oxygen atoms in total. The van der Waals surface area contributed by atoms with Gasteiger partial charge in [-0.25, -0.2) is 8.78 Å². The number of nitrogens with two attached hydrogens (primary N) is 1. The first-order valence-electron chi connectivity index (χ1n) is 5.75. The first-order valence-corrected chi connectivity index (χ1v) is 5.75. The zero-order valence-electron chi connectivity index (χ0n) is 9.31. The molecule has 4 heteroatoms. The summed E-state index contributed by atoms with van der Waals surface area (Å²) in [5, 5.41) is 0. The summed E-state index contributed by atoms with van der Waals surface area (Å²) < 4.78 is 25.8. The van der Waals surface area contributed by atoms with Crippen molar-refractivity contribution < 1.29 is 8.78 Å². The highest BCUT2D eigenvalue weighted by Crippen LogP contribution is 2.54. The highest BCUT2D eigenvalue weighted by molar-refractivity contribution is 5.02. The van der Waals surface area contributed by atoms with E-state index in [1.54, 1.807) is 0 Å². The molecule has 1 atom stereocenters. The number of nitrogens with zero attached hydrogens (tertiary/aromatic N) is 1. The van der Waals surface area contributed by atoms with E-state index in [0.717, 1.165) is 19.4 Å². The summed E-state index contributed by atoms with van der Waals surface area (Å²) in [5.74, 6) is -2.45. The predicted molar refractivity (Wildman–Crippen MR) is 55.9 cm³/mol. The quantitative estimate of drug-likeness (QED) is 0.783. The fourth-order valence-electron chi connectivity index (χ4n) is 3.15. The van der Waals surface area contributed by atoms with Gasteiger partial charge in [-0.1, -0.05) is 0 Å². The molecule has 0 spiro atoms. The number of hydrogen-bond acceptors (Lipinski definition) is 2. The third kappa shape index (κ3) is 2.16. The Bertz CT molecular complexity index is 235. The van der Waals surface area contributed by atoms with E-state index in [1.807, 2.05) is 0 Å². The molecule has 2 aliphatic rings. The molecule has 0 aromatic heterocycles. The van der Waals surface area contributed by atoms with Crippen molar-refractivity contribution in [1.29, 1.82) is 0 Å². The summed E-state index contributed by atoms with van der Waals surface area (Å²) in [4.78, 5) is 2.29. The van der Waals surface area contributed by atoms with Gasteiger partial charge in [0.2, 0.25) is 5.92 Å². The van der Waals surface area contributed by atoms with E-state index in [9.17, 15) is 8.78 Å². The third-order valence-electron chi connectivity index (χ3n) is 4.04. The summed E-state index contributed by atoms with van der Waals surface area (Å²) in [6.45, 7) is 1.51. The fraction of sp³-hybridized carbons (Fsp3) is 1.00. The molecule has 1 saturated carbocycles. The van der Waals surface area contributed by atoms with Crippen LogP contribution in [0.3, 0.4) is 0 Å². The normalized spacial score (nSPS) is 34.0. The summed E-state index contributed by atoms with van der Waals surface area (Å²) in [6, 6.07) is 0.477. The van der Waals surface area contributed by atoms with Crippen LogP contribution in [0.1, 0.15) is 32.1 Å². The lowest BCUT2D eigenvalue weighted by molar-refractivity contribution is -0.164. The van der Waals surface area contributed by atoms with Gasteiger partial charge >= 0.3 is 0 Å². The Labute approximate surface area is 89.8 Å². The molecule has 0 amide bonds. The molecule has 1 aliphatic carbocycles. The number of alkyl halides is 2. The van der Waals surface area contributed by atoms with Crippen LogP contribution in [0.25, 0.3) is 0 Å². The molecule has 2 fully saturated rings. The highest BCUT2D eigenvalue weighted by Gasteiger charge is 2.56. The zero-order valence-corrected chi connectivity index (χ0v) is 9.31. The minimum Gasteiger partial charge on any atom is -0.330 e. The van der Waals surface area contributed by atoms with Crippen LogP contribution in [-0.2, 0) is 0 Å². The van der Waals surface area contributed by atoms with Crippen molar-refractivity contribution in [1.82, 2.24) is 4.90 Å². The van der Waals surface area contributed by atoms with Crippen molar-refractivity contribution in [3.05, 3.63) is 0 Å². The van der Waals surface area contributed by atoms with Crippen LogP contribution in [0, 0.1) is 5.41 Å². The first-order chi connectivity index (χ1) is 6.96. The zero-order chi connectivity index (χ0) is 11.1. The molecule has 88 valence electrons. The maximum atomic E-state index is 12.9. The van der Waals surface area contributed by atoms with Crippen LogP contribution >= 0.6 is 0 Å². The second kappa shape index (κ2) is 3.67. The van der Waals surface area contributed by atoms with E-state index < -0.39 is 5.92 Å². The van der Waals surface area contributed by atoms with Crippen LogP contribution in [0.5, 0.6) is 0 Å². The molecule has 2 N–H and O–H groups in total. The molecule has 0 aromatic rings. The SMILES string of the molecule is CN1CCCC1CC1(CN)CC(F)(F)C1. The largest absolute Gasteiger partial charge is 0.330 e. The topological polar surface area (TPSA) is 29.3 Å². The van der Waals surface area contributed by atoms with Crippen molar-refractivity contribution in [2.75, 3.05) is 20.1 Å². The Morgan fingerprint density at radius 2 is 2.07 bits per heavy atom. The van der Waals surface area contributed by atoms with Crippen LogP contribution in [-0.4, -0.2) is 37.0 Å². The number of likely N-dealkylation sites (tertiary alicyclic amines) is 1. The van der Waals surface area contributed by atoms with Crippen LogP contribution in [0.4, 0.5) is 8.78 Å². The lowest BCUT2D eigenvalue weighted by atomic mass is 9.62. The van der Waals surface area contributed by atoms with Crippen LogP contribution in [0.15, 0.2) is 0 Å². The van der Waals surface area contributed by atoms with Gasteiger partial charge in [0.25, 0.3) is 0 Å². The molecule has 2 rings (SSSR count). The third-order valence-corrected chi connectivity index (χ3v) is 4.04. The summed E-state index contributed by atoms with van der Waals surface area (Å²) >= 11 is 0. The van der Waals surface area contributed by atoms with E-state index in [2.05, 4.69) is 11.9 Å². The minimum absolute atomic E-state index is 0.000833. The molecular weight excluding hydrogens is 198 g/mol. The van der Waals surface area contributed by atoms with Crippen LogP contribution < -0.4 is 5.73 Å². The van der Waals surface area contributed by atoms with Gasteiger partial charge in [0.05, 0.1) is 0 Å². The Kier molecular flexibility index (Phi) is 2.75. The predicted octanol–water partition coefficient (Wildman–Crippen LogP) is 1.84. The van der Waals surface area contributed by atoms with Crippen molar-refractivity contribution in [2.24, 2.45) is 11.1 Å². The monoisotopic (exact) mass is 218 g/mol. The summed E-state index contributed by atoms with van der Waals surface area (Å²) in [5.41, 5.74) is 5.39. The average molecular weight is 218 g/mol. The van der Waals surface area contributed by atoms with Gasteiger partial charge in [-0.05, 0) is 44.8 Å². The first kappa shape index (κ1) is 11.3.